The fourth-order valence-electron chi connectivity index (χ4n) is 1.89. The first-order valence-electron chi connectivity index (χ1n) is 5.42. The smallest absolute Gasteiger partial charge is 0.223 e. The maximum atomic E-state index is 5.01. The number of hydrogen-bond acceptors (Lipinski definition) is 4. The molecule has 0 spiro atoms. The fourth-order valence-corrected chi connectivity index (χ4v) is 1.89. The minimum atomic E-state index is 0.245. The first kappa shape index (κ1) is 10.2. The topological polar surface area (TPSA) is 47.0 Å². The van der Waals surface area contributed by atoms with Gasteiger partial charge in [0.05, 0.1) is 19.5 Å². The molecular weight excluding hydrogens is 190 g/mol. The van der Waals surface area contributed by atoms with Crippen molar-refractivity contribution in [3.8, 4) is 5.75 Å². The van der Waals surface area contributed by atoms with E-state index >= 15 is 0 Å². The maximum absolute atomic E-state index is 5.01. The fraction of sp³-hybridized carbons (Fsp3) is 0.636. The lowest BCUT2D eigenvalue weighted by Gasteiger charge is -2.41. The Balaban J connectivity index is 2.03. The van der Waals surface area contributed by atoms with Crippen LogP contribution in [-0.2, 0) is 0 Å². The van der Waals surface area contributed by atoms with Crippen LogP contribution in [0.3, 0.4) is 0 Å². The SMILES string of the molecule is CCC1(Nc2ncc(OC)cn2)CCC1. The summed E-state index contributed by atoms with van der Waals surface area (Å²) < 4.78 is 5.01. The van der Waals surface area contributed by atoms with Crippen LogP contribution in [-0.4, -0.2) is 22.6 Å². The van der Waals surface area contributed by atoms with Crippen molar-refractivity contribution in [3.05, 3.63) is 12.4 Å². The van der Waals surface area contributed by atoms with Crippen molar-refractivity contribution in [1.29, 1.82) is 0 Å². The Morgan fingerprint density at radius 1 is 1.40 bits per heavy atom. The summed E-state index contributed by atoms with van der Waals surface area (Å²) in [4.78, 5) is 8.43. The molecule has 0 bridgehead atoms. The molecule has 1 heterocycles. The minimum Gasteiger partial charge on any atom is -0.494 e. The standard InChI is InChI=1S/C11H17N3O/c1-3-11(5-4-6-11)14-10-12-7-9(15-2)8-13-10/h7-8H,3-6H2,1-2H3,(H,12,13,14). The third kappa shape index (κ3) is 2.03. The van der Waals surface area contributed by atoms with Crippen molar-refractivity contribution in [2.45, 2.75) is 38.1 Å². The van der Waals surface area contributed by atoms with Crippen LogP contribution in [0.15, 0.2) is 12.4 Å². The molecule has 1 N–H and O–H groups in total. The summed E-state index contributed by atoms with van der Waals surface area (Å²) >= 11 is 0. The molecule has 1 aromatic rings. The number of aromatic nitrogens is 2. The van der Waals surface area contributed by atoms with Crippen LogP contribution in [0.2, 0.25) is 0 Å². The summed E-state index contributed by atoms with van der Waals surface area (Å²) in [6.07, 6.45) is 8.26. The summed E-state index contributed by atoms with van der Waals surface area (Å²) in [6, 6.07) is 0. The van der Waals surface area contributed by atoms with Gasteiger partial charge in [-0.25, -0.2) is 9.97 Å². The van der Waals surface area contributed by atoms with Crippen molar-refractivity contribution >= 4 is 5.95 Å². The van der Waals surface area contributed by atoms with Gasteiger partial charge in [0.1, 0.15) is 0 Å². The van der Waals surface area contributed by atoms with E-state index in [1.165, 1.54) is 19.3 Å². The molecule has 0 radical (unpaired) electrons. The van der Waals surface area contributed by atoms with Gasteiger partial charge in [-0.3, -0.25) is 0 Å². The largest absolute Gasteiger partial charge is 0.494 e. The Morgan fingerprint density at radius 3 is 2.47 bits per heavy atom. The normalized spacial score (nSPS) is 18.0. The van der Waals surface area contributed by atoms with Gasteiger partial charge in [0, 0.05) is 5.54 Å². The Bertz CT molecular complexity index is 314. The highest BCUT2D eigenvalue weighted by molar-refractivity contribution is 5.32. The zero-order valence-electron chi connectivity index (χ0n) is 9.29. The van der Waals surface area contributed by atoms with E-state index < -0.39 is 0 Å². The monoisotopic (exact) mass is 207 g/mol. The average Bonchev–Trinajstić information content (AvgIpc) is 2.24. The summed E-state index contributed by atoms with van der Waals surface area (Å²) in [5.41, 5.74) is 0.245. The number of methoxy groups -OCH3 is 1. The van der Waals surface area contributed by atoms with E-state index in [0.29, 0.717) is 11.7 Å². The van der Waals surface area contributed by atoms with E-state index in [2.05, 4.69) is 22.2 Å². The number of rotatable bonds is 4. The van der Waals surface area contributed by atoms with E-state index in [4.69, 9.17) is 4.74 Å². The van der Waals surface area contributed by atoms with Crippen LogP contribution in [0.25, 0.3) is 0 Å². The molecule has 1 fully saturated rings. The highest BCUT2D eigenvalue weighted by Gasteiger charge is 2.35. The van der Waals surface area contributed by atoms with Gasteiger partial charge in [0.2, 0.25) is 5.95 Å². The second kappa shape index (κ2) is 4.04. The number of ether oxygens (including phenoxy) is 1. The Kier molecular flexibility index (Phi) is 2.75. The third-order valence-electron chi connectivity index (χ3n) is 3.23. The van der Waals surface area contributed by atoms with Gasteiger partial charge in [-0.2, -0.15) is 0 Å². The Morgan fingerprint density at radius 2 is 2.07 bits per heavy atom. The van der Waals surface area contributed by atoms with Crippen molar-refractivity contribution in [1.82, 2.24) is 9.97 Å². The number of nitrogens with one attached hydrogen (secondary N) is 1. The minimum absolute atomic E-state index is 0.245. The molecule has 0 aromatic carbocycles. The molecule has 0 aliphatic heterocycles. The van der Waals surface area contributed by atoms with Gasteiger partial charge in [-0.15, -0.1) is 0 Å². The predicted octanol–water partition coefficient (Wildman–Crippen LogP) is 2.23. The molecule has 0 unspecified atom stereocenters. The van der Waals surface area contributed by atoms with Gasteiger partial charge in [-0.1, -0.05) is 6.92 Å². The molecule has 1 aliphatic carbocycles. The molecule has 0 saturated heterocycles. The summed E-state index contributed by atoms with van der Waals surface area (Å²) in [7, 11) is 1.62. The van der Waals surface area contributed by atoms with Crippen LogP contribution in [0.1, 0.15) is 32.6 Å². The number of nitrogens with zero attached hydrogens (tertiary/aromatic N) is 2. The third-order valence-corrected chi connectivity index (χ3v) is 3.23. The van der Waals surface area contributed by atoms with Crippen molar-refractivity contribution in [3.63, 3.8) is 0 Å². The van der Waals surface area contributed by atoms with E-state index in [-0.39, 0.29) is 5.54 Å². The van der Waals surface area contributed by atoms with Crippen molar-refractivity contribution < 1.29 is 4.74 Å². The van der Waals surface area contributed by atoms with E-state index in [9.17, 15) is 0 Å². The lowest BCUT2D eigenvalue weighted by Crippen LogP contribution is -2.44. The lowest BCUT2D eigenvalue weighted by atomic mass is 9.75. The molecule has 1 aliphatic rings. The Labute approximate surface area is 90.1 Å². The lowest BCUT2D eigenvalue weighted by molar-refractivity contribution is 0.268. The average molecular weight is 207 g/mol. The first-order chi connectivity index (χ1) is 7.28. The molecular formula is C11H17N3O. The maximum Gasteiger partial charge on any atom is 0.223 e. The van der Waals surface area contributed by atoms with E-state index in [0.717, 1.165) is 6.42 Å². The quantitative estimate of drug-likeness (QED) is 0.822. The molecule has 82 valence electrons. The molecule has 4 nitrogen and oxygen atoms in total. The summed E-state index contributed by atoms with van der Waals surface area (Å²) in [5, 5.41) is 3.42. The molecule has 0 atom stereocenters. The molecule has 2 rings (SSSR count). The second-order valence-corrected chi connectivity index (χ2v) is 4.06. The molecule has 4 heteroatoms. The first-order valence-corrected chi connectivity index (χ1v) is 5.42. The zero-order chi connectivity index (χ0) is 10.7. The highest BCUT2D eigenvalue weighted by atomic mass is 16.5. The zero-order valence-corrected chi connectivity index (χ0v) is 9.29. The molecule has 0 amide bonds. The van der Waals surface area contributed by atoms with E-state index in [1.54, 1.807) is 19.5 Å². The van der Waals surface area contributed by atoms with Crippen LogP contribution < -0.4 is 10.1 Å². The summed E-state index contributed by atoms with van der Waals surface area (Å²) in [6.45, 7) is 2.20. The van der Waals surface area contributed by atoms with Gasteiger partial charge in [0.15, 0.2) is 5.75 Å². The second-order valence-electron chi connectivity index (χ2n) is 4.06. The van der Waals surface area contributed by atoms with Gasteiger partial charge < -0.3 is 10.1 Å². The summed E-state index contributed by atoms with van der Waals surface area (Å²) in [5.74, 6) is 1.40. The number of hydrogen-bond donors (Lipinski definition) is 1. The van der Waals surface area contributed by atoms with Crippen LogP contribution >= 0.6 is 0 Å². The van der Waals surface area contributed by atoms with Crippen LogP contribution in [0.5, 0.6) is 5.75 Å². The van der Waals surface area contributed by atoms with Gasteiger partial charge in [-0.05, 0) is 25.7 Å². The molecule has 1 saturated carbocycles. The van der Waals surface area contributed by atoms with Crippen LogP contribution in [0, 0.1) is 0 Å². The van der Waals surface area contributed by atoms with Crippen LogP contribution in [0.4, 0.5) is 5.95 Å². The Hall–Kier alpha value is -1.32. The van der Waals surface area contributed by atoms with Gasteiger partial charge in [0.25, 0.3) is 0 Å². The van der Waals surface area contributed by atoms with E-state index in [1.807, 2.05) is 0 Å². The predicted molar refractivity (Wildman–Crippen MR) is 59.1 cm³/mol. The molecule has 15 heavy (non-hydrogen) atoms. The van der Waals surface area contributed by atoms with Crippen molar-refractivity contribution in [2.24, 2.45) is 0 Å². The van der Waals surface area contributed by atoms with Crippen molar-refractivity contribution in [2.75, 3.05) is 12.4 Å². The number of anilines is 1. The van der Waals surface area contributed by atoms with Gasteiger partial charge >= 0.3 is 0 Å². The highest BCUT2D eigenvalue weighted by Crippen LogP contribution is 2.37. The molecule has 1 aromatic heterocycles.